The topological polar surface area (TPSA) is 39.7 Å². The summed E-state index contributed by atoms with van der Waals surface area (Å²) in [5.74, 6) is 1.52. The first-order valence-electron chi connectivity index (χ1n) is 12.3. The first-order valence-corrected chi connectivity index (χ1v) is 12.3. The van der Waals surface area contributed by atoms with Crippen LogP contribution in [-0.4, -0.2) is 38.0 Å². The molecule has 6 aliphatic rings. The summed E-state index contributed by atoms with van der Waals surface area (Å²) in [4.78, 5) is 0. The number of ether oxygens (including phenoxy) is 3. The fraction of sp³-hybridized carbons (Fsp3) is 0.571. The Balaban J connectivity index is 1.31. The first kappa shape index (κ1) is 19.6. The van der Waals surface area contributed by atoms with E-state index in [-0.39, 0.29) is 22.5 Å². The molecular formula is C28H33NO3. The van der Waals surface area contributed by atoms with Gasteiger partial charge in [-0.25, -0.2) is 0 Å². The highest BCUT2D eigenvalue weighted by molar-refractivity contribution is 5.61. The molecule has 2 spiro atoms. The third-order valence-electron chi connectivity index (χ3n) is 9.98. The van der Waals surface area contributed by atoms with Crippen LogP contribution >= 0.6 is 0 Å². The molecule has 0 amide bonds. The van der Waals surface area contributed by atoms with Crippen LogP contribution in [0.3, 0.4) is 0 Å². The van der Waals surface area contributed by atoms with Gasteiger partial charge in [-0.05, 0) is 62.3 Å². The molecule has 2 heterocycles. The summed E-state index contributed by atoms with van der Waals surface area (Å²) in [6.07, 6.45) is 5.82. The predicted octanol–water partition coefficient (Wildman–Crippen LogP) is 4.31. The summed E-state index contributed by atoms with van der Waals surface area (Å²) < 4.78 is 19.9. The average Bonchev–Trinajstić information content (AvgIpc) is 3.18. The lowest BCUT2D eigenvalue weighted by atomic mass is 9.35. The van der Waals surface area contributed by atoms with Gasteiger partial charge < -0.3 is 19.5 Å². The van der Waals surface area contributed by atoms with Crippen molar-refractivity contribution in [3.63, 3.8) is 0 Å². The standard InChI is InChI=1S/C28H33NO3/c1-18-8-9-20-14-22-26-10-11-28(30-2,21(15-26)17-31-16-19-6-4-3-5-7-19)25-27(26,12-13-29-22)23(20)24(18)32-25/h3-9,21-22,25,29H,10-17H2,1-2H3/t21-,22-,25-,26-,27+,28-/m1/s1. The molecule has 8 rings (SSSR count). The second-order valence-corrected chi connectivity index (χ2v) is 10.9. The molecule has 3 saturated carbocycles. The summed E-state index contributed by atoms with van der Waals surface area (Å²) in [6, 6.07) is 15.7. The van der Waals surface area contributed by atoms with Crippen molar-refractivity contribution in [2.45, 2.75) is 68.8 Å². The van der Waals surface area contributed by atoms with Crippen molar-refractivity contribution in [2.24, 2.45) is 11.3 Å². The van der Waals surface area contributed by atoms with Gasteiger partial charge in [0.05, 0.1) is 13.2 Å². The van der Waals surface area contributed by atoms with Gasteiger partial charge in [-0.15, -0.1) is 0 Å². The Bertz CT molecular complexity index is 1070. The maximum Gasteiger partial charge on any atom is 0.138 e. The Labute approximate surface area is 190 Å². The lowest BCUT2D eigenvalue weighted by molar-refractivity contribution is -0.271. The van der Waals surface area contributed by atoms with Crippen LogP contribution in [0.5, 0.6) is 5.75 Å². The van der Waals surface area contributed by atoms with Crippen molar-refractivity contribution in [2.75, 3.05) is 20.3 Å². The fourth-order valence-corrected chi connectivity index (χ4v) is 8.73. The molecule has 168 valence electrons. The molecule has 4 nitrogen and oxygen atoms in total. The maximum atomic E-state index is 7.02. The number of aryl methyl sites for hydroxylation is 1. The molecule has 32 heavy (non-hydrogen) atoms. The molecule has 4 bridgehead atoms. The molecule has 0 aromatic heterocycles. The minimum Gasteiger partial charge on any atom is -0.486 e. The van der Waals surface area contributed by atoms with E-state index in [2.05, 4.69) is 54.7 Å². The molecule has 2 aromatic rings. The van der Waals surface area contributed by atoms with Crippen molar-refractivity contribution >= 4 is 0 Å². The number of benzene rings is 2. The number of rotatable bonds is 5. The van der Waals surface area contributed by atoms with Crippen LogP contribution in [-0.2, 0) is 27.9 Å². The van der Waals surface area contributed by atoms with E-state index < -0.39 is 0 Å². The summed E-state index contributed by atoms with van der Waals surface area (Å²) in [6.45, 7) is 4.68. The molecule has 4 fully saturated rings. The van der Waals surface area contributed by atoms with E-state index in [1.807, 2.05) is 7.11 Å². The van der Waals surface area contributed by atoms with Crippen molar-refractivity contribution in [1.82, 2.24) is 5.32 Å². The van der Waals surface area contributed by atoms with Crippen LogP contribution in [0.25, 0.3) is 0 Å². The second kappa shape index (κ2) is 6.59. The molecule has 1 saturated heterocycles. The number of fused-ring (bicyclic) bond motifs is 2. The van der Waals surface area contributed by atoms with E-state index >= 15 is 0 Å². The highest BCUT2D eigenvalue weighted by Crippen LogP contribution is 2.75. The van der Waals surface area contributed by atoms with Crippen molar-refractivity contribution in [3.8, 4) is 5.75 Å². The lowest BCUT2D eigenvalue weighted by Gasteiger charge is -2.72. The molecular weight excluding hydrogens is 398 g/mol. The van der Waals surface area contributed by atoms with Crippen LogP contribution in [0.1, 0.15) is 47.9 Å². The third-order valence-corrected chi connectivity index (χ3v) is 9.98. The molecule has 4 heteroatoms. The largest absolute Gasteiger partial charge is 0.486 e. The SMILES string of the molecule is CO[C@]12CC[C@@]3(C[C@@H]1COCc1ccccc1)[C@H]1Cc4ccc(C)c5c4[C@@]3(CCN1)[C@H]2O5. The molecule has 0 unspecified atom stereocenters. The van der Waals surface area contributed by atoms with Gasteiger partial charge in [-0.3, -0.25) is 0 Å². The monoisotopic (exact) mass is 431 g/mol. The van der Waals surface area contributed by atoms with Crippen LogP contribution in [0, 0.1) is 18.3 Å². The molecule has 4 aliphatic carbocycles. The predicted molar refractivity (Wildman–Crippen MR) is 123 cm³/mol. The molecule has 2 aliphatic heterocycles. The highest BCUT2D eigenvalue weighted by atomic mass is 16.6. The Morgan fingerprint density at radius 2 is 1.97 bits per heavy atom. The number of hydrogen-bond donors (Lipinski definition) is 1. The summed E-state index contributed by atoms with van der Waals surface area (Å²) >= 11 is 0. The summed E-state index contributed by atoms with van der Waals surface area (Å²) in [7, 11) is 1.92. The number of piperidine rings is 1. The van der Waals surface area contributed by atoms with E-state index in [9.17, 15) is 0 Å². The first-order chi connectivity index (χ1) is 15.6. The van der Waals surface area contributed by atoms with Gasteiger partial charge in [-0.1, -0.05) is 42.5 Å². The maximum absolute atomic E-state index is 7.02. The molecule has 6 atom stereocenters. The van der Waals surface area contributed by atoms with E-state index in [1.54, 1.807) is 5.56 Å². The molecule has 2 aromatic carbocycles. The van der Waals surface area contributed by atoms with E-state index in [1.165, 1.54) is 35.3 Å². The van der Waals surface area contributed by atoms with Gasteiger partial charge >= 0.3 is 0 Å². The van der Waals surface area contributed by atoms with Crippen LogP contribution in [0.4, 0.5) is 0 Å². The fourth-order valence-electron chi connectivity index (χ4n) is 8.73. The van der Waals surface area contributed by atoms with E-state index in [0.717, 1.165) is 32.4 Å². The average molecular weight is 432 g/mol. The van der Waals surface area contributed by atoms with Crippen molar-refractivity contribution < 1.29 is 14.2 Å². The van der Waals surface area contributed by atoms with Crippen molar-refractivity contribution in [1.29, 1.82) is 0 Å². The van der Waals surface area contributed by atoms with E-state index in [0.29, 0.717) is 18.6 Å². The van der Waals surface area contributed by atoms with E-state index in [4.69, 9.17) is 14.2 Å². The summed E-state index contributed by atoms with van der Waals surface area (Å²) in [5.41, 5.74) is 5.61. The quantitative estimate of drug-likeness (QED) is 0.766. The minimum atomic E-state index is -0.277. The van der Waals surface area contributed by atoms with Gasteiger partial charge in [0.25, 0.3) is 0 Å². The molecule has 1 N–H and O–H groups in total. The Kier molecular flexibility index (Phi) is 4.03. The number of hydrogen-bond acceptors (Lipinski definition) is 4. The number of nitrogens with one attached hydrogen (secondary N) is 1. The normalized spacial score (nSPS) is 40.1. The second-order valence-electron chi connectivity index (χ2n) is 10.9. The smallest absolute Gasteiger partial charge is 0.138 e. The number of methoxy groups -OCH3 is 1. The molecule has 0 radical (unpaired) electrons. The minimum absolute atomic E-state index is 0.0854. The Morgan fingerprint density at radius 1 is 1.09 bits per heavy atom. The highest BCUT2D eigenvalue weighted by Gasteiger charge is 2.79. The zero-order chi connectivity index (χ0) is 21.6. The van der Waals surface area contributed by atoms with Gasteiger partial charge in [0.15, 0.2) is 0 Å². The van der Waals surface area contributed by atoms with Crippen LogP contribution in [0.15, 0.2) is 42.5 Å². The Morgan fingerprint density at radius 3 is 2.81 bits per heavy atom. The van der Waals surface area contributed by atoms with Gasteiger partial charge in [0.1, 0.15) is 17.5 Å². The van der Waals surface area contributed by atoms with Gasteiger partial charge in [0.2, 0.25) is 0 Å². The third kappa shape index (κ3) is 2.15. The zero-order valence-electron chi connectivity index (χ0n) is 19.2. The lowest BCUT2D eigenvalue weighted by Crippen LogP contribution is -2.81. The summed E-state index contributed by atoms with van der Waals surface area (Å²) in [5, 5.41) is 3.96. The Hall–Kier alpha value is -1.88. The van der Waals surface area contributed by atoms with Gasteiger partial charge in [0, 0.05) is 35.5 Å². The van der Waals surface area contributed by atoms with Crippen molar-refractivity contribution in [3.05, 3.63) is 64.7 Å². The van der Waals surface area contributed by atoms with Gasteiger partial charge in [-0.2, -0.15) is 0 Å². The van der Waals surface area contributed by atoms with Crippen LogP contribution in [0.2, 0.25) is 0 Å². The zero-order valence-corrected chi connectivity index (χ0v) is 19.2. The van der Waals surface area contributed by atoms with Crippen LogP contribution < -0.4 is 10.1 Å².